The fourth-order valence-electron chi connectivity index (χ4n) is 3.35. The maximum absolute atomic E-state index is 12.9. The third kappa shape index (κ3) is 4.79. The highest BCUT2D eigenvalue weighted by Crippen LogP contribution is 2.29. The first kappa shape index (κ1) is 16.4. The van der Waals surface area contributed by atoms with Gasteiger partial charge in [-0.25, -0.2) is 4.39 Å². The van der Waals surface area contributed by atoms with E-state index in [-0.39, 0.29) is 5.82 Å². The molecule has 0 aliphatic heterocycles. The zero-order valence-corrected chi connectivity index (χ0v) is 13.3. The summed E-state index contributed by atoms with van der Waals surface area (Å²) < 4.78 is 12.9. The molecule has 1 fully saturated rings. The van der Waals surface area contributed by atoms with Crippen LogP contribution in [0.3, 0.4) is 0 Å². The Morgan fingerprint density at radius 2 is 1.81 bits per heavy atom. The summed E-state index contributed by atoms with van der Waals surface area (Å²) in [5.74, 6) is 0.662. The van der Waals surface area contributed by atoms with Gasteiger partial charge in [0.05, 0.1) is 6.10 Å². The zero-order chi connectivity index (χ0) is 15.2. The third-order valence-electron chi connectivity index (χ3n) is 5.03. The summed E-state index contributed by atoms with van der Waals surface area (Å²) in [6.07, 6.45) is 6.75. The Morgan fingerprint density at radius 1 is 1.19 bits per heavy atom. The van der Waals surface area contributed by atoms with Gasteiger partial charge < -0.3 is 10.0 Å². The van der Waals surface area contributed by atoms with Crippen molar-refractivity contribution >= 4 is 0 Å². The average molecular weight is 293 g/mol. The van der Waals surface area contributed by atoms with E-state index in [0.717, 1.165) is 18.0 Å². The molecule has 2 rings (SSSR count). The minimum Gasteiger partial charge on any atom is -0.388 e. The lowest BCUT2D eigenvalue weighted by molar-refractivity contribution is 0.117. The van der Waals surface area contributed by atoms with Crippen molar-refractivity contribution in [3.05, 3.63) is 35.6 Å². The normalized spacial score (nSPS) is 24.2. The van der Waals surface area contributed by atoms with Crippen molar-refractivity contribution in [2.24, 2.45) is 5.92 Å². The van der Waals surface area contributed by atoms with Gasteiger partial charge in [-0.15, -0.1) is 0 Å². The molecule has 0 amide bonds. The van der Waals surface area contributed by atoms with E-state index < -0.39 is 6.10 Å². The second kappa shape index (κ2) is 7.90. The first-order chi connectivity index (χ1) is 10.1. The summed E-state index contributed by atoms with van der Waals surface area (Å²) in [4.78, 5) is 2.39. The Bertz CT molecular complexity index is 412. The second-order valence-electron chi connectivity index (χ2n) is 6.42. The van der Waals surface area contributed by atoms with Crippen molar-refractivity contribution in [3.8, 4) is 0 Å². The molecule has 1 saturated carbocycles. The largest absolute Gasteiger partial charge is 0.388 e. The third-order valence-corrected chi connectivity index (χ3v) is 5.03. The van der Waals surface area contributed by atoms with Crippen LogP contribution in [-0.4, -0.2) is 29.6 Å². The molecule has 0 aromatic heterocycles. The molecule has 0 heterocycles. The van der Waals surface area contributed by atoms with Crippen molar-refractivity contribution < 1.29 is 9.50 Å². The van der Waals surface area contributed by atoms with Gasteiger partial charge in [0.15, 0.2) is 0 Å². The molecule has 0 bridgehead atoms. The highest BCUT2D eigenvalue weighted by Gasteiger charge is 2.23. The first-order valence-electron chi connectivity index (χ1n) is 8.24. The number of benzene rings is 1. The predicted octanol–water partition coefficient (Wildman–Crippen LogP) is 4.15. The lowest BCUT2D eigenvalue weighted by atomic mass is 9.84. The average Bonchev–Trinajstić information content (AvgIpc) is 2.53. The van der Waals surface area contributed by atoms with Gasteiger partial charge in [0.1, 0.15) is 5.82 Å². The van der Waals surface area contributed by atoms with Gasteiger partial charge in [0, 0.05) is 12.6 Å². The lowest BCUT2D eigenvalue weighted by Crippen LogP contribution is -2.36. The van der Waals surface area contributed by atoms with Gasteiger partial charge in [0.25, 0.3) is 0 Å². The fraction of sp³-hybridized carbons (Fsp3) is 0.667. The monoisotopic (exact) mass is 293 g/mol. The fourth-order valence-corrected chi connectivity index (χ4v) is 3.35. The molecule has 1 aliphatic rings. The Hall–Kier alpha value is -0.930. The molecule has 1 aromatic carbocycles. The minimum absolute atomic E-state index is 0.254. The highest BCUT2D eigenvalue weighted by atomic mass is 19.1. The maximum atomic E-state index is 12.9. The van der Waals surface area contributed by atoms with Crippen LogP contribution in [0.4, 0.5) is 4.39 Å². The standard InChI is InChI=1S/C18H28FNO/c1-3-14-4-10-17(11-5-14)20(2)13-12-18(21)15-6-8-16(19)9-7-15/h6-9,14,17-18,21H,3-5,10-13H2,1-2H3. The lowest BCUT2D eigenvalue weighted by Gasteiger charge is -2.34. The molecule has 21 heavy (non-hydrogen) atoms. The van der Waals surface area contributed by atoms with Gasteiger partial charge in [-0.1, -0.05) is 25.5 Å². The molecule has 0 saturated heterocycles. The van der Waals surface area contributed by atoms with Gasteiger partial charge >= 0.3 is 0 Å². The van der Waals surface area contributed by atoms with E-state index in [0.29, 0.717) is 12.5 Å². The SMILES string of the molecule is CCC1CCC(N(C)CCC(O)c2ccc(F)cc2)CC1. The smallest absolute Gasteiger partial charge is 0.123 e. The number of halogens is 1. The van der Waals surface area contributed by atoms with Crippen molar-refractivity contribution in [3.63, 3.8) is 0 Å². The molecule has 3 heteroatoms. The molecule has 1 unspecified atom stereocenters. The molecular formula is C18H28FNO. The molecule has 2 nitrogen and oxygen atoms in total. The number of hydrogen-bond donors (Lipinski definition) is 1. The Labute approximate surface area is 128 Å². The predicted molar refractivity (Wildman–Crippen MR) is 84.6 cm³/mol. The van der Waals surface area contributed by atoms with Crippen LogP contribution in [0.1, 0.15) is 57.1 Å². The van der Waals surface area contributed by atoms with E-state index in [1.54, 1.807) is 12.1 Å². The van der Waals surface area contributed by atoms with E-state index in [1.165, 1.54) is 44.2 Å². The maximum Gasteiger partial charge on any atom is 0.123 e. The minimum atomic E-state index is -0.500. The van der Waals surface area contributed by atoms with Crippen LogP contribution in [0.5, 0.6) is 0 Å². The Balaban J connectivity index is 1.76. The van der Waals surface area contributed by atoms with Crippen molar-refractivity contribution in [2.45, 2.75) is 57.6 Å². The Morgan fingerprint density at radius 3 is 2.38 bits per heavy atom. The first-order valence-corrected chi connectivity index (χ1v) is 8.24. The van der Waals surface area contributed by atoms with Gasteiger partial charge in [-0.3, -0.25) is 0 Å². The second-order valence-corrected chi connectivity index (χ2v) is 6.42. The number of hydrogen-bond acceptors (Lipinski definition) is 2. The van der Waals surface area contributed by atoms with Crippen LogP contribution in [0, 0.1) is 11.7 Å². The summed E-state index contributed by atoms with van der Waals surface area (Å²) >= 11 is 0. The van der Waals surface area contributed by atoms with Crippen molar-refractivity contribution in [1.29, 1.82) is 0 Å². The molecule has 118 valence electrons. The summed E-state index contributed by atoms with van der Waals surface area (Å²) in [5, 5.41) is 10.2. The number of aliphatic hydroxyl groups is 1. The quantitative estimate of drug-likeness (QED) is 0.851. The van der Waals surface area contributed by atoms with E-state index in [4.69, 9.17) is 0 Å². The summed E-state index contributed by atoms with van der Waals surface area (Å²) in [7, 11) is 2.16. The van der Waals surface area contributed by atoms with Gasteiger partial charge in [0.2, 0.25) is 0 Å². The number of nitrogens with zero attached hydrogens (tertiary/aromatic N) is 1. The van der Waals surface area contributed by atoms with Crippen LogP contribution < -0.4 is 0 Å². The van der Waals surface area contributed by atoms with Gasteiger partial charge in [-0.2, -0.15) is 0 Å². The van der Waals surface area contributed by atoms with Crippen molar-refractivity contribution in [2.75, 3.05) is 13.6 Å². The molecule has 0 spiro atoms. The molecule has 0 radical (unpaired) electrons. The van der Waals surface area contributed by atoms with Crippen LogP contribution in [0.2, 0.25) is 0 Å². The number of rotatable bonds is 6. The zero-order valence-electron chi connectivity index (χ0n) is 13.3. The summed E-state index contributed by atoms with van der Waals surface area (Å²) in [5.41, 5.74) is 0.805. The van der Waals surface area contributed by atoms with Crippen LogP contribution in [0.15, 0.2) is 24.3 Å². The summed E-state index contributed by atoms with van der Waals surface area (Å²) in [6.45, 7) is 3.17. The highest BCUT2D eigenvalue weighted by molar-refractivity contribution is 5.18. The molecule has 1 aromatic rings. The van der Waals surface area contributed by atoms with Crippen LogP contribution in [-0.2, 0) is 0 Å². The van der Waals surface area contributed by atoms with E-state index in [9.17, 15) is 9.50 Å². The van der Waals surface area contributed by atoms with Gasteiger partial charge in [-0.05, 0) is 62.8 Å². The summed E-state index contributed by atoms with van der Waals surface area (Å²) in [6, 6.07) is 6.83. The topological polar surface area (TPSA) is 23.5 Å². The molecular weight excluding hydrogens is 265 g/mol. The van der Waals surface area contributed by atoms with E-state index in [2.05, 4.69) is 18.9 Å². The van der Waals surface area contributed by atoms with Crippen molar-refractivity contribution in [1.82, 2.24) is 4.90 Å². The van der Waals surface area contributed by atoms with Crippen LogP contribution in [0.25, 0.3) is 0 Å². The van der Waals surface area contributed by atoms with E-state index >= 15 is 0 Å². The molecule has 1 N–H and O–H groups in total. The van der Waals surface area contributed by atoms with Crippen LogP contribution >= 0.6 is 0 Å². The molecule has 1 aliphatic carbocycles. The Kier molecular flexibility index (Phi) is 6.19. The molecule has 1 atom stereocenters. The number of aliphatic hydroxyl groups excluding tert-OH is 1. The van der Waals surface area contributed by atoms with E-state index in [1.807, 2.05) is 0 Å².